The predicted molar refractivity (Wildman–Crippen MR) is 107 cm³/mol. The first-order valence-corrected chi connectivity index (χ1v) is 10.5. The van der Waals surface area contributed by atoms with Gasteiger partial charge in [0.2, 0.25) is 11.7 Å². The molecule has 0 aliphatic carbocycles. The lowest BCUT2D eigenvalue weighted by atomic mass is 10.0. The Morgan fingerprint density at radius 3 is 3.00 bits per heavy atom. The molecule has 3 aromatic rings. The fraction of sp³-hybridized carbons (Fsp3) is 0.381. The number of fused-ring (bicyclic) bond motifs is 1. The summed E-state index contributed by atoms with van der Waals surface area (Å²) in [6.07, 6.45) is 0.832. The molecule has 4 heterocycles. The zero-order valence-electron chi connectivity index (χ0n) is 16.3. The smallest absolute Gasteiger partial charge is 0.260 e. The topological polar surface area (TPSA) is 77.7 Å². The minimum atomic E-state index is -0.248. The van der Waals surface area contributed by atoms with E-state index in [0.717, 1.165) is 23.3 Å². The van der Waals surface area contributed by atoms with E-state index in [4.69, 9.17) is 14.0 Å². The Morgan fingerprint density at radius 2 is 2.21 bits per heavy atom. The van der Waals surface area contributed by atoms with Crippen LogP contribution in [0, 0.1) is 0 Å². The minimum absolute atomic E-state index is 0.0169. The monoisotopic (exact) mass is 411 g/mol. The number of rotatable bonds is 5. The van der Waals surface area contributed by atoms with Gasteiger partial charge < -0.3 is 18.9 Å². The second kappa shape index (κ2) is 6.88. The van der Waals surface area contributed by atoms with Gasteiger partial charge in [-0.15, -0.1) is 0 Å². The fourth-order valence-corrected chi connectivity index (χ4v) is 4.31. The van der Waals surface area contributed by atoms with Crippen molar-refractivity contribution in [3.05, 3.63) is 46.5 Å². The Kier molecular flexibility index (Phi) is 4.31. The Morgan fingerprint density at radius 1 is 1.34 bits per heavy atom. The molecule has 2 aliphatic rings. The number of para-hydroxylation sites is 1. The molecular formula is C21H21N3O4S. The molecule has 2 aliphatic heterocycles. The lowest BCUT2D eigenvalue weighted by molar-refractivity contribution is -0.138. The normalized spacial score (nSPS) is 17.5. The number of benzene rings is 1. The van der Waals surface area contributed by atoms with Crippen LogP contribution >= 0.6 is 11.3 Å². The molecule has 1 aromatic carbocycles. The lowest BCUT2D eigenvalue weighted by Gasteiger charge is -2.36. The summed E-state index contributed by atoms with van der Waals surface area (Å²) in [7, 11) is 0. The first-order valence-electron chi connectivity index (χ1n) is 9.56. The van der Waals surface area contributed by atoms with E-state index < -0.39 is 0 Å². The van der Waals surface area contributed by atoms with E-state index >= 15 is 0 Å². The molecule has 1 saturated heterocycles. The molecule has 0 N–H and O–H groups in total. The summed E-state index contributed by atoms with van der Waals surface area (Å²) in [5.41, 5.74) is 1.82. The van der Waals surface area contributed by atoms with E-state index in [2.05, 4.69) is 10.1 Å². The maximum atomic E-state index is 12.5. The predicted octanol–water partition coefficient (Wildman–Crippen LogP) is 3.52. The highest BCUT2D eigenvalue weighted by atomic mass is 32.1. The number of hydrogen-bond acceptors (Lipinski definition) is 7. The molecule has 0 atom stereocenters. The molecule has 0 saturated carbocycles. The Bertz CT molecular complexity index is 1040. The summed E-state index contributed by atoms with van der Waals surface area (Å²) in [5, 5.41) is 7.99. The Labute approximate surface area is 172 Å². The van der Waals surface area contributed by atoms with Crippen molar-refractivity contribution >= 4 is 17.2 Å². The van der Waals surface area contributed by atoms with E-state index in [-0.39, 0.29) is 24.0 Å². The van der Waals surface area contributed by atoms with Crippen LogP contribution in [-0.4, -0.2) is 46.2 Å². The summed E-state index contributed by atoms with van der Waals surface area (Å²) in [5.74, 6) is 2.55. The second-order valence-corrected chi connectivity index (χ2v) is 8.82. The van der Waals surface area contributed by atoms with Crippen molar-refractivity contribution in [2.24, 2.45) is 0 Å². The lowest BCUT2D eigenvalue weighted by Crippen LogP contribution is -2.50. The van der Waals surface area contributed by atoms with Crippen molar-refractivity contribution in [3.63, 3.8) is 0 Å². The third kappa shape index (κ3) is 3.48. The first-order chi connectivity index (χ1) is 14.0. The molecular weight excluding hydrogens is 390 g/mol. The van der Waals surface area contributed by atoms with Crippen molar-refractivity contribution in [1.82, 2.24) is 15.0 Å². The van der Waals surface area contributed by atoms with Gasteiger partial charge in [0.25, 0.3) is 5.91 Å². The van der Waals surface area contributed by atoms with Crippen LogP contribution in [0.15, 0.2) is 39.5 Å². The molecule has 0 bridgehead atoms. The highest BCUT2D eigenvalue weighted by Gasteiger charge is 2.36. The maximum Gasteiger partial charge on any atom is 0.260 e. The number of thiophene rings is 1. The molecule has 2 aromatic heterocycles. The molecule has 0 spiro atoms. The molecule has 29 heavy (non-hydrogen) atoms. The number of hydrogen-bond donors (Lipinski definition) is 0. The molecule has 1 amide bonds. The van der Waals surface area contributed by atoms with E-state index in [1.807, 2.05) is 48.9 Å². The van der Waals surface area contributed by atoms with Crippen molar-refractivity contribution < 1.29 is 18.8 Å². The van der Waals surface area contributed by atoms with Crippen LogP contribution in [0.5, 0.6) is 11.5 Å². The molecule has 150 valence electrons. The SMILES string of the molecule is CC1(C)Cc2cccc(OCC(=O)N3CC(c4nc(-c5ccsc5)no4)C3)c2O1. The van der Waals surface area contributed by atoms with Gasteiger partial charge in [0.1, 0.15) is 5.60 Å². The Hall–Kier alpha value is -2.87. The van der Waals surface area contributed by atoms with Gasteiger partial charge in [0, 0.05) is 36.0 Å². The highest BCUT2D eigenvalue weighted by Crippen LogP contribution is 2.41. The molecule has 5 rings (SSSR count). The van der Waals surface area contributed by atoms with Crippen LogP contribution < -0.4 is 9.47 Å². The molecule has 0 radical (unpaired) electrons. The summed E-state index contributed by atoms with van der Waals surface area (Å²) < 4.78 is 17.2. The van der Waals surface area contributed by atoms with Gasteiger partial charge in [-0.2, -0.15) is 16.3 Å². The summed E-state index contributed by atoms with van der Waals surface area (Å²) in [6, 6.07) is 7.77. The van der Waals surface area contributed by atoms with Gasteiger partial charge >= 0.3 is 0 Å². The van der Waals surface area contributed by atoms with Crippen molar-refractivity contribution in [3.8, 4) is 22.9 Å². The van der Waals surface area contributed by atoms with Crippen LogP contribution in [-0.2, 0) is 11.2 Å². The molecule has 1 fully saturated rings. The maximum absolute atomic E-state index is 12.5. The number of ether oxygens (including phenoxy) is 2. The minimum Gasteiger partial charge on any atom is -0.483 e. The van der Waals surface area contributed by atoms with Crippen molar-refractivity contribution in [2.45, 2.75) is 31.8 Å². The number of carbonyl (C=O) groups excluding carboxylic acids is 1. The highest BCUT2D eigenvalue weighted by molar-refractivity contribution is 7.08. The summed E-state index contributed by atoms with van der Waals surface area (Å²) in [4.78, 5) is 18.7. The third-order valence-corrected chi connectivity index (χ3v) is 5.89. The number of likely N-dealkylation sites (tertiary alicyclic amines) is 1. The largest absolute Gasteiger partial charge is 0.483 e. The first kappa shape index (κ1) is 18.2. The van der Waals surface area contributed by atoms with Gasteiger partial charge in [-0.05, 0) is 31.4 Å². The van der Waals surface area contributed by atoms with E-state index in [1.54, 1.807) is 16.2 Å². The quantitative estimate of drug-likeness (QED) is 0.639. The van der Waals surface area contributed by atoms with Gasteiger partial charge in [-0.1, -0.05) is 17.3 Å². The van der Waals surface area contributed by atoms with Crippen molar-refractivity contribution in [2.75, 3.05) is 19.7 Å². The molecule has 8 heteroatoms. The van der Waals surface area contributed by atoms with Gasteiger partial charge in [0.05, 0.1) is 5.92 Å². The van der Waals surface area contributed by atoms with E-state index in [0.29, 0.717) is 30.6 Å². The van der Waals surface area contributed by atoms with E-state index in [9.17, 15) is 4.79 Å². The van der Waals surface area contributed by atoms with Crippen molar-refractivity contribution in [1.29, 1.82) is 0 Å². The number of aromatic nitrogens is 2. The second-order valence-electron chi connectivity index (χ2n) is 8.04. The van der Waals surface area contributed by atoms with Gasteiger partial charge in [0.15, 0.2) is 18.1 Å². The standard InChI is InChI=1S/C21H21N3O4S/c1-21(2)8-13-4-3-5-16(18(13)27-21)26-11-17(25)24-9-15(10-24)20-22-19(23-28-20)14-6-7-29-12-14/h3-7,12,15H,8-11H2,1-2H3. The molecule has 0 unspecified atom stereocenters. The number of nitrogens with zero attached hydrogens (tertiary/aromatic N) is 3. The van der Waals surface area contributed by atoms with Gasteiger partial charge in [-0.3, -0.25) is 4.79 Å². The average molecular weight is 411 g/mol. The summed E-state index contributed by atoms with van der Waals surface area (Å²) >= 11 is 1.59. The van der Waals surface area contributed by atoms with Crippen LogP contribution in [0.3, 0.4) is 0 Å². The van der Waals surface area contributed by atoms with Gasteiger partial charge in [-0.25, -0.2) is 0 Å². The van der Waals surface area contributed by atoms with Crippen LogP contribution in [0.25, 0.3) is 11.4 Å². The number of carbonyl (C=O) groups is 1. The summed E-state index contributed by atoms with van der Waals surface area (Å²) in [6.45, 7) is 5.19. The number of amides is 1. The van der Waals surface area contributed by atoms with Crippen LogP contribution in [0.1, 0.15) is 31.2 Å². The average Bonchev–Trinajstić information content (AvgIpc) is 3.36. The fourth-order valence-electron chi connectivity index (χ4n) is 3.68. The van der Waals surface area contributed by atoms with Crippen LogP contribution in [0.2, 0.25) is 0 Å². The zero-order chi connectivity index (χ0) is 20.0. The molecule has 7 nitrogen and oxygen atoms in total. The third-order valence-electron chi connectivity index (χ3n) is 5.21. The van der Waals surface area contributed by atoms with Crippen LogP contribution in [0.4, 0.5) is 0 Å². The Balaban J connectivity index is 1.16. The zero-order valence-corrected chi connectivity index (χ0v) is 17.1. The van der Waals surface area contributed by atoms with E-state index in [1.165, 1.54) is 0 Å².